The molecule has 2 fully saturated rings. The van der Waals surface area contributed by atoms with Gasteiger partial charge in [0, 0.05) is 32.1 Å². The Morgan fingerprint density at radius 3 is 2.88 bits per heavy atom. The van der Waals surface area contributed by atoms with Crippen LogP contribution in [0, 0.1) is 5.92 Å². The van der Waals surface area contributed by atoms with Gasteiger partial charge in [0.15, 0.2) is 0 Å². The molecular formula is C19H31N3O3. The van der Waals surface area contributed by atoms with E-state index in [0.717, 1.165) is 44.9 Å². The molecule has 2 atom stereocenters. The molecule has 140 valence electrons. The van der Waals surface area contributed by atoms with E-state index in [2.05, 4.69) is 17.1 Å². The standard InChI is InChI=1S/C19H31N3O3/c1-15-6-10-21(11-7-15)12-8-20-19(24)22-9-2-4-16(22)14-17(23)18-5-3-13-25-18/h3,5,13,15-17,23H,2,4,6-12,14H2,1H3,(H,20,24). The van der Waals surface area contributed by atoms with Crippen LogP contribution in [0.3, 0.4) is 0 Å². The molecule has 2 N–H and O–H groups in total. The average molecular weight is 349 g/mol. The van der Waals surface area contributed by atoms with Crippen LogP contribution >= 0.6 is 0 Å². The van der Waals surface area contributed by atoms with Crippen molar-refractivity contribution < 1.29 is 14.3 Å². The fourth-order valence-corrected chi connectivity index (χ4v) is 3.91. The number of aliphatic hydroxyl groups is 1. The van der Waals surface area contributed by atoms with Crippen molar-refractivity contribution in [1.29, 1.82) is 0 Å². The molecule has 1 aromatic rings. The highest BCUT2D eigenvalue weighted by atomic mass is 16.4. The summed E-state index contributed by atoms with van der Waals surface area (Å²) in [5.74, 6) is 1.41. The quantitative estimate of drug-likeness (QED) is 0.828. The number of carbonyl (C=O) groups is 1. The first-order valence-corrected chi connectivity index (χ1v) is 9.62. The lowest BCUT2D eigenvalue weighted by Gasteiger charge is -2.31. The third-order valence-corrected chi connectivity index (χ3v) is 5.59. The zero-order chi connectivity index (χ0) is 17.6. The van der Waals surface area contributed by atoms with Crippen molar-refractivity contribution in [2.75, 3.05) is 32.7 Å². The highest BCUT2D eigenvalue weighted by Gasteiger charge is 2.31. The van der Waals surface area contributed by atoms with Gasteiger partial charge in [0.2, 0.25) is 0 Å². The lowest BCUT2D eigenvalue weighted by Crippen LogP contribution is -2.46. The topological polar surface area (TPSA) is 69.0 Å². The first-order chi connectivity index (χ1) is 12.1. The maximum Gasteiger partial charge on any atom is 0.317 e. The van der Waals surface area contributed by atoms with E-state index in [9.17, 15) is 9.90 Å². The molecule has 3 rings (SSSR count). The Kier molecular flexibility index (Phi) is 6.37. The first-order valence-electron chi connectivity index (χ1n) is 9.62. The van der Waals surface area contributed by atoms with Crippen molar-refractivity contribution in [3.63, 3.8) is 0 Å². The fraction of sp³-hybridized carbons (Fsp3) is 0.737. The predicted octanol–water partition coefficient (Wildman–Crippen LogP) is 2.61. The molecule has 2 aliphatic rings. The Morgan fingerprint density at radius 1 is 1.36 bits per heavy atom. The van der Waals surface area contributed by atoms with Crippen molar-refractivity contribution >= 4 is 6.03 Å². The number of nitrogens with one attached hydrogen (secondary N) is 1. The zero-order valence-electron chi connectivity index (χ0n) is 15.2. The lowest BCUT2D eigenvalue weighted by atomic mass is 9.99. The summed E-state index contributed by atoms with van der Waals surface area (Å²) in [6.45, 7) is 6.97. The molecule has 6 nitrogen and oxygen atoms in total. The highest BCUT2D eigenvalue weighted by molar-refractivity contribution is 5.74. The maximum atomic E-state index is 12.5. The van der Waals surface area contributed by atoms with Crippen molar-refractivity contribution in [1.82, 2.24) is 15.1 Å². The summed E-state index contributed by atoms with van der Waals surface area (Å²) in [4.78, 5) is 16.8. The van der Waals surface area contributed by atoms with Crippen molar-refractivity contribution in [2.24, 2.45) is 5.92 Å². The van der Waals surface area contributed by atoms with Crippen LogP contribution in [0.1, 0.15) is 50.9 Å². The monoisotopic (exact) mass is 349 g/mol. The Labute approximate surface area is 150 Å². The van der Waals surface area contributed by atoms with Crippen LogP contribution in [0.5, 0.6) is 0 Å². The van der Waals surface area contributed by atoms with Gasteiger partial charge in [-0.05, 0) is 56.8 Å². The lowest BCUT2D eigenvalue weighted by molar-refractivity contribution is 0.107. The number of aliphatic hydroxyl groups excluding tert-OH is 1. The van der Waals surface area contributed by atoms with Gasteiger partial charge in [-0.2, -0.15) is 0 Å². The van der Waals surface area contributed by atoms with E-state index in [1.54, 1.807) is 18.4 Å². The predicted molar refractivity (Wildman–Crippen MR) is 96.2 cm³/mol. The van der Waals surface area contributed by atoms with Crippen LogP contribution < -0.4 is 5.32 Å². The second-order valence-corrected chi connectivity index (χ2v) is 7.51. The molecule has 2 saturated heterocycles. The first kappa shape index (κ1) is 18.3. The molecular weight excluding hydrogens is 318 g/mol. The number of hydrogen-bond donors (Lipinski definition) is 2. The Balaban J connectivity index is 1.41. The SMILES string of the molecule is CC1CCN(CCNC(=O)N2CCCC2CC(O)c2ccco2)CC1. The highest BCUT2D eigenvalue weighted by Crippen LogP contribution is 2.27. The summed E-state index contributed by atoms with van der Waals surface area (Å²) in [5.41, 5.74) is 0. The summed E-state index contributed by atoms with van der Waals surface area (Å²) in [5, 5.41) is 13.3. The molecule has 2 aliphatic heterocycles. The Morgan fingerprint density at radius 2 is 2.16 bits per heavy atom. The number of amides is 2. The number of furan rings is 1. The van der Waals surface area contributed by atoms with Gasteiger partial charge in [0.05, 0.1) is 6.26 Å². The normalized spacial score (nSPS) is 23.8. The molecule has 3 heterocycles. The van der Waals surface area contributed by atoms with Crippen LogP contribution in [0.25, 0.3) is 0 Å². The average Bonchev–Trinajstić information content (AvgIpc) is 3.28. The number of hydrogen-bond acceptors (Lipinski definition) is 4. The number of likely N-dealkylation sites (tertiary alicyclic amines) is 2. The molecule has 0 aliphatic carbocycles. The minimum Gasteiger partial charge on any atom is -0.467 e. The van der Waals surface area contributed by atoms with Crippen LogP contribution in [0.2, 0.25) is 0 Å². The van der Waals surface area contributed by atoms with Gasteiger partial charge in [-0.1, -0.05) is 6.92 Å². The minimum atomic E-state index is -0.649. The number of piperidine rings is 1. The third kappa shape index (κ3) is 4.98. The van der Waals surface area contributed by atoms with Crippen molar-refractivity contribution in [2.45, 2.75) is 51.2 Å². The molecule has 0 aromatic carbocycles. The Hall–Kier alpha value is -1.53. The van der Waals surface area contributed by atoms with E-state index in [1.807, 2.05) is 4.90 Å². The van der Waals surface area contributed by atoms with Gasteiger partial charge >= 0.3 is 6.03 Å². The summed E-state index contributed by atoms with van der Waals surface area (Å²) >= 11 is 0. The second-order valence-electron chi connectivity index (χ2n) is 7.51. The number of rotatable bonds is 6. The van der Waals surface area contributed by atoms with Gasteiger partial charge in [0.25, 0.3) is 0 Å². The molecule has 0 spiro atoms. The summed E-state index contributed by atoms with van der Waals surface area (Å²) in [6.07, 6.45) is 5.90. The minimum absolute atomic E-state index is 0.000442. The van der Waals surface area contributed by atoms with Gasteiger partial charge < -0.3 is 24.6 Å². The number of carbonyl (C=O) groups excluding carboxylic acids is 1. The molecule has 0 radical (unpaired) electrons. The molecule has 0 bridgehead atoms. The van der Waals surface area contributed by atoms with E-state index in [4.69, 9.17) is 4.42 Å². The van der Waals surface area contributed by atoms with E-state index in [0.29, 0.717) is 18.7 Å². The van der Waals surface area contributed by atoms with Gasteiger partial charge in [-0.25, -0.2) is 4.79 Å². The van der Waals surface area contributed by atoms with Crippen LogP contribution in [-0.4, -0.2) is 59.7 Å². The zero-order valence-corrected chi connectivity index (χ0v) is 15.2. The summed E-state index contributed by atoms with van der Waals surface area (Å²) in [6, 6.07) is 3.64. The van der Waals surface area contributed by atoms with Gasteiger partial charge in [-0.15, -0.1) is 0 Å². The van der Waals surface area contributed by atoms with Crippen LogP contribution in [0.15, 0.2) is 22.8 Å². The summed E-state index contributed by atoms with van der Waals surface area (Å²) in [7, 11) is 0. The van der Waals surface area contributed by atoms with Crippen LogP contribution in [-0.2, 0) is 0 Å². The smallest absolute Gasteiger partial charge is 0.317 e. The van der Waals surface area contributed by atoms with Gasteiger partial charge in [0.1, 0.15) is 11.9 Å². The molecule has 6 heteroatoms. The summed E-state index contributed by atoms with van der Waals surface area (Å²) < 4.78 is 5.27. The number of nitrogens with zero attached hydrogens (tertiary/aromatic N) is 2. The van der Waals surface area contributed by atoms with E-state index in [-0.39, 0.29) is 12.1 Å². The number of urea groups is 1. The van der Waals surface area contributed by atoms with E-state index < -0.39 is 6.10 Å². The maximum absolute atomic E-state index is 12.5. The Bertz CT molecular complexity index is 526. The van der Waals surface area contributed by atoms with Crippen molar-refractivity contribution in [3.05, 3.63) is 24.2 Å². The van der Waals surface area contributed by atoms with E-state index in [1.165, 1.54) is 12.8 Å². The fourth-order valence-electron chi connectivity index (χ4n) is 3.91. The molecule has 0 saturated carbocycles. The molecule has 1 aromatic heterocycles. The van der Waals surface area contributed by atoms with Crippen molar-refractivity contribution in [3.8, 4) is 0 Å². The van der Waals surface area contributed by atoms with Gasteiger partial charge in [-0.3, -0.25) is 0 Å². The molecule has 2 amide bonds. The second kappa shape index (κ2) is 8.72. The van der Waals surface area contributed by atoms with Crippen LogP contribution in [0.4, 0.5) is 4.79 Å². The third-order valence-electron chi connectivity index (χ3n) is 5.59. The largest absolute Gasteiger partial charge is 0.467 e. The van der Waals surface area contributed by atoms with E-state index >= 15 is 0 Å². The molecule has 2 unspecified atom stereocenters. The molecule has 25 heavy (non-hydrogen) atoms.